The Bertz CT molecular complexity index is 1960. The van der Waals surface area contributed by atoms with Crippen molar-refractivity contribution in [3.63, 3.8) is 0 Å². The number of carbonyl (C=O) groups excluding carboxylic acids is 2. The van der Waals surface area contributed by atoms with Crippen molar-refractivity contribution in [3.05, 3.63) is 86.9 Å². The molecule has 1 spiro atoms. The van der Waals surface area contributed by atoms with Gasteiger partial charge in [0.05, 0.1) is 12.3 Å². The van der Waals surface area contributed by atoms with Crippen molar-refractivity contribution in [1.82, 2.24) is 15.2 Å². The molecular weight excluding hydrogens is 677 g/mol. The lowest BCUT2D eigenvalue weighted by Crippen LogP contribution is -2.64. The molecule has 1 saturated heterocycles. The molecule has 5 atom stereocenters. The van der Waals surface area contributed by atoms with Gasteiger partial charge in [0.1, 0.15) is 17.2 Å². The Kier molecular flexibility index (Phi) is 9.52. The van der Waals surface area contributed by atoms with Crippen molar-refractivity contribution in [2.75, 3.05) is 44.0 Å². The van der Waals surface area contributed by atoms with E-state index in [0.29, 0.717) is 53.8 Å². The number of rotatable bonds is 6. The van der Waals surface area contributed by atoms with E-state index >= 15 is 0 Å². The third-order valence-electron chi connectivity index (χ3n) is 10.7. The molecule has 4 N–H and O–H groups in total. The maximum Gasteiger partial charge on any atom is 0.336 e. The number of pyridine rings is 1. The van der Waals surface area contributed by atoms with Gasteiger partial charge in [0.15, 0.2) is 11.2 Å². The van der Waals surface area contributed by atoms with Gasteiger partial charge in [-0.1, -0.05) is 39.3 Å². The second-order valence-electron chi connectivity index (χ2n) is 13.7. The van der Waals surface area contributed by atoms with Crippen LogP contribution in [-0.4, -0.2) is 82.4 Å². The van der Waals surface area contributed by atoms with Gasteiger partial charge in [-0.2, -0.15) is 0 Å². The molecule has 0 radical (unpaired) electrons. The van der Waals surface area contributed by atoms with Crippen LogP contribution in [0.4, 0.5) is 5.82 Å². The maximum atomic E-state index is 14.0. The molecule has 3 aliphatic heterocycles. The van der Waals surface area contributed by atoms with E-state index in [9.17, 15) is 19.5 Å². The number of fused-ring (bicyclic) bond motifs is 7. The number of nitrogen functional groups attached to an aromatic ring is 1. The Labute approximate surface area is 298 Å². The quantitative estimate of drug-likeness (QED) is 0.110. The minimum Gasteiger partial charge on any atom is -0.481 e. The number of nitrogens with zero attached hydrogens (tertiary/aromatic N) is 2. The highest BCUT2D eigenvalue weighted by molar-refractivity contribution is 8.76. The van der Waals surface area contributed by atoms with E-state index in [1.54, 1.807) is 52.9 Å². The highest BCUT2D eigenvalue weighted by Gasteiger charge is 2.64. The Morgan fingerprint density at radius 3 is 2.86 bits per heavy atom. The van der Waals surface area contributed by atoms with Crippen LogP contribution in [0.25, 0.3) is 11.0 Å². The summed E-state index contributed by atoms with van der Waals surface area (Å²) in [6, 6.07) is 8.80. The van der Waals surface area contributed by atoms with Crippen LogP contribution in [0.15, 0.2) is 69.0 Å². The summed E-state index contributed by atoms with van der Waals surface area (Å²) in [5.74, 6) is 1.72. The van der Waals surface area contributed by atoms with E-state index in [0.717, 1.165) is 39.9 Å². The second-order valence-corrected chi connectivity index (χ2v) is 16.2. The van der Waals surface area contributed by atoms with Crippen LogP contribution in [0.2, 0.25) is 0 Å². The van der Waals surface area contributed by atoms with E-state index in [1.165, 1.54) is 6.07 Å². The predicted octanol–water partition coefficient (Wildman–Crippen LogP) is 4.17. The number of anilines is 1. The fraction of sp³-hybridized carbons (Fsp3) is 0.459. The number of hydrogen-bond donors (Lipinski definition) is 3. The smallest absolute Gasteiger partial charge is 0.336 e. The zero-order valence-corrected chi connectivity index (χ0v) is 30.0. The van der Waals surface area contributed by atoms with Crippen LogP contribution in [0.3, 0.4) is 0 Å². The summed E-state index contributed by atoms with van der Waals surface area (Å²) in [5.41, 5.74) is 7.81. The Morgan fingerprint density at radius 1 is 1.24 bits per heavy atom. The number of benzene rings is 1. The number of allylic oxidation sites excluding steroid dienone is 1. The van der Waals surface area contributed by atoms with Gasteiger partial charge in [-0.3, -0.25) is 4.79 Å². The summed E-state index contributed by atoms with van der Waals surface area (Å²) in [6.45, 7) is 5.00. The lowest BCUT2D eigenvalue weighted by molar-refractivity contribution is -0.183. The maximum absolute atomic E-state index is 14.0. The fourth-order valence-electron chi connectivity index (χ4n) is 8.07. The van der Waals surface area contributed by atoms with Gasteiger partial charge in [-0.05, 0) is 55.8 Å². The minimum atomic E-state index is -1.22. The molecule has 1 aromatic carbocycles. The van der Waals surface area contributed by atoms with Crippen molar-refractivity contribution in [1.29, 1.82) is 0 Å². The number of hydrogen-bond acceptors (Lipinski definition) is 12. The number of esters is 1. The summed E-state index contributed by atoms with van der Waals surface area (Å²) < 4.78 is 19.2. The molecule has 1 fully saturated rings. The van der Waals surface area contributed by atoms with E-state index in [1.807, 2.05) is 31.0 Å². The number of aromatic nitrogens is 1. The minimum absolute atomic E-state index is 0.0320. The average Bonchev–Trinajstić information content (AvgIpc) is 3.45. The molecule has 7 rings (SSSR count). The Hall–Kier alpha value is -3.78. The topological polar surface area (TPSA) is 157 Å². The van der Waals surface area contributed by atoms with Gasteiger partial charge in [-0.15, -0.1) is 0 Å². The zero-order valence-electron chi connectivity index (χ0n) is 28.4. The molecule has 264 valence electrons. The van der Waals surface area contributed by atoms with Gasteiger partial charge in [0.2, 0.25) is 5.91 Å². The average molecular weight is 719 g/mol. The zero-order chi connectivity index (χ0) is 35.2. The number of amides is 1. The molecule has 4 aliphatic rings. The van der Waals surface area contributed by atoms with E-state index in [2.05, 4.69) is 16.4 Å². The van der Waals surface area contributed by atoms with Crippen LogP contribution in [0.5, 0.6) is 5.75 Å². The first-order valence-corrected chi connectivity index (χ1v) is 19.5. The van der Waals surface area contributed by atoms with E-state index in [-0.39, 0.29) is 31.4 Å². The third kappa shape index (κ3) is 6.01. The standard InChI is InChI=1S/C37H42N4O7S2/c1-4-21(8-10-42)35(45)48-36(2)9-7-23-19-49-50-20-28-26(16-39-3)18-41(28)32(43)12-25-17-40-31(38)13-27(25)34(23)37(36)15-24-11-22-5-6-33(44)46-29(22)14-30(24)47-37/h4-7,11,13-14,17,26,28,34,39,42H,8-10,12,15-16,18-20H2,1-3H3,(H2,38,40)/b21-4+/t26-,28-,34+,36-,37-/m1/s1. The molecule has 3 aromatic rings. The monoisotopic (exact) mass is 718 g/mol. The van der Waals surface area contributed by atoms with Crippen molar-refractivity contribution in [2.24, 2.45) is 5.92 Å². The molecule has 5 heterocycles. The van der Waals surface area contributed by atoms with Crippen molar-refractivity contribution in [2.45, 2.75) is 62.7 Å². The van der Waals surface area contributed by atoms with E-state index in [4.69, 9.17) is 19.6 Å². The molecular formula is C37H42N4O7S2. The number of aliphatic hydroxyl groups excluding tert-OH is 1. The highest BCUT2D eigenvalue weighted by atomic mass is 33.1. The molecule has 1 amide bonds. The normalized spacial score (nSPS) is 27.9. The molecule has 0 bridgehead atoms. The second kappa shape index (κ2) is 13.7. The molecule has 11 nitrogen and oxygen atoms in total. The van der Waals surface area contributed by atoms with Crippen molar-refractivity contribution < 1.29 is 28.6 Å². The Morgan fingerprint density at radius 2 is 2.08 bits per heavy atom. The molecule has 0 unspecified atom stereocenters. The first-order valence-electron chi connectivity index (χ1n) is 17.0. The van der Waals surface area contributed by atoms with Gasteiger partial charge < -0.3 is 34.9 Å². The Balaban J connectivity index is 1.39. The largest absolute Gasteiger partial charge is 0.481 e. The molecule has 50 heavy (non-hydrogen) atoms. The van der Waals surface area contributed by atoms with Crippen LogP contribution >= 0.6 is 21.6 Å². The lowest BCUT2D eigenvalue weighted by atomic mass is 9.61. The fourth-order valence-corrected chi connectivity index (χ4v) is 10.6. The molecule has 0 saturated carbocycles. The van der Waals surface area contributed by atoms with Gasteiger partial charge >= 0.3 is 11.6 Å². The first-order chi connectivity index (χ1) is 24.1. The SMILES string of the molecule is C/C=C(\CCO)C(=O)O[C@]1(C)CC=C2CSSC[C@@H]3[C@H](CNC)CN3C(=O)Cc3cnc(N)cc3[C@H]2[C@]12Cc1cc3ccc(=O)oc3cc1O2. The lowest BCUT2D eigenvalue weighted by Gasteiger charge is -2.53. The summed E-state index contributed by atoms with van der Waals surface area (Å²) in [5, 5.41) is 13.7. The number of ether oxygens (including phenoxy) is 2. The molecule has 13 heteroatoms. The van der Waals surface area contributed by atoms with E-state index < -0.39 is 28.7 Å². The predicted molar refractivity (Wildman–Crippen MR) is 195 cm³/mol. The highest BCUT2D eigenvalue weighted by Crippen LogP contribution is 2.58. The first kappa shape index (κ1) is 34.7. The summed E-state index contributed by atoms with van der Waals surface area (Å²) >= 11 is 0. The van der Waals surface area contributed by atoms with Gasteiger partial charge in [0.25, 0.3) is 0 Å². The van der Waals surface area contributed by atoms with Crippen LogP contribution in [0.1, 0.15) is 49.3 Å². The van der Waals surface area contributed by atoms with Crippen LogP contribution in [0, 0.1) is 5.92 Å². The molecule has 1 aliphatic carbocycles. The molecule has 2 aromatic heterocycles. The van der Waals surface area contributed by atoms with Crippen LogP contribution < -0.4 is 21.4 Å². The van der Waals surface area contributed by atoms with Gasteiger partial charge in [0, 0.05) is 91.7 Å². The summed E-state index contributed by atoms with van der Waals surface area (Å²) in [7, 11) is 5.45. The number of nitrogens with one attached hydrogen (secondary N) is 1. The van der Waals surface area contributed by atoms with Crippen molar-refractivity contribution >= 4 is 50.3 Å². The number of aliphatic hydroxyl groups is 1. The van der Waals surface area contributed by atoms with Crippen molar-refractivity contribution in [3.8, 4) is 5.75 Å². The summed E-state index contributed by atoms with van der Waals surface area (Å²) in [6.07, 6.45) is 6.53. The number of carbonyl (C=O) groups is 2. The summed E-state index contributed by atoms with van der Waals surface area (Å²) in [4.78, 5) is 46.4. The van der Waals surface area contributed by atoms with Gasteiger partial charge in [-0.25, -0.2) is 14.6 Å². The van der Waals surface area contributed by atoms with Crippen LogP contribution in [-0.2, 0) is 27.2 Å². The number of nitrogens with two attached hydrogens (primary N) is 1. The third-order valence-corrected chi connectivity index (χ3v) is 13.1.